The molecule has 8 heteroatoms. The van der Waals surface area contributed by atoms with Crippen molar-refractivity contribution in [3.8, 4) is 0 Å². The maximum absolute atomic E-state index is 11.5. The minimum atomic E-state index is -3.18. The molecule has 0 saturated heterocycles. The van der Waals surface area contributed by atoms with Crippen molar-refractivity contribution in [3.63, 3.8) is 0 Å². The molecule has 0 aromatic heterocycles. The zero-order valence-electron chi connectivity index (χ0n) is 10.4. The van der Waals surface area contributed by atoms with Gasteiger partial charge < -0.3 is 10.6 Å². The number of hydrogen-bond donors (Lipinski definition) is 3. The van der Waals surface area contributed by atoms with Crippen LogP contribution in [0, 0.1) is 0 Å². The summed E-state index contributed by atoms with van der Waals surface area (Å²) in [5.74, 6) is -0.221. The van der Waals surface area contributed by atoms with Crippen LogP contribution >= 0.6 is 11.6 Å². The fourth-order valence-electron chi connectivity index (χ4n) is 1.30. The van der Waals surface area contributed by atoms with Gasteiger partial charge in [-0.25, -0.2) is 13.1 Å². The number of anilines is 1. The van der Waals surface area contributed by atoms with E-state index in [-0.39, 0.29) is 19.0 Å². The largest absolute Gasteiger partial charge is 0.325 e. The third-order valence-electron chi connectivity index (χ3n) is 2.06. The molecule has 0 unspecified atom stereocenters. The van der Waals surface area contributed by atoms with Crippen molar-refractivity contribution < 1.29 is 13.2 Å². The first-order valence-electron chi connectivity index (χ1n) is 5.57. The molecular weight excluding hydrogens is 290 g/mol. The predicted molar refractivity (Wildman–Crippen MR) is 75.8 cm³/mol. The highest BCUT2D eigenvalue weighted by atomic mass is 35.5. The van der Waals surface area contributed by atoms with Crippen LogP contribution in [0.15, 0.2) is 24.3 Å². The van der Waals surface area contributed by atoms with Gasteiger partial charge in [0.2, 0.25) is 15.9 Å². The van der Waals surface area contributed by atoms with E-state index in [1.54, 1.807) is 24.3 Å². The molecule has 0 aliphatic carbocycles. The van der Waals surface area contributed by atoms with Crippen molar-refractivity contribution >= 4 is 33.2 Å². The molecule has 6 nitrogen and oxygen atoms in total. The van der Waals surface area contributed by atoms with Crippen LogP contribution in [-0.4, -0.2) is 40.2 Å². The lowest BCUT2D eigenvalue weighted by molar-refractivity contribution is -0.115. The fourth-order valence-corrected chi connectivity index (χ4v) is 1.96. The first-order valence-corrected chi connectivity index (χ1v) is 7.84. The standard InChI is InChI=1S/C11H16ClN3O3S/c1-19(17,18)14-6-5-13-8-11(16)15-10-4-2-3-9(12)7-10/h2-4,7,13-14H,5-6,8H2,1H3,(H,15,16). The molecule has 1 amide bonds. The second kappa shape index (κ2) is 7.44. The van der Waals surface area contributed by atoms with Crippen LogP contribution in [0.3, 0.4) is 0 Å². The summed E-state index contributed by atoms with van der Waals surface area (Å²) in [7, 11) is -3.18. The second-order valence-corrected chi connectivity index (χ2v) is 6.17. The maximum Gasteiger partial charge on any atom is 0.238 e. The Hall–Kier alpha value is -1.15. The van der Waals surface area contributed by atoms with Crippen LogP contribution in [0.1, 0.15) is 0 Å². The number of amides is 1. The summed E-state index contributed by atoms with van der Waals surface area (Å²) in [6.45, 7) is 0.706. The number of nitrogens with one attached hydrogen (secondary N) is 3. The first kappa shape index (κ1) is 15.9. The molecule has 0 heterocycles. The molecule has 1 rings (SSSR count). The highest BCUT2D eigenvalue weighted by Crippen LogP contribution is 2.14. The van der Waals surface area contributed by atoms with Crippen LogP contribution < -0.4 is 15.4 Å². The highest BCUT2D eigenvalue weighted by molar-refractivity contribution is 7.88. The molecule has 0 bridgehead atoms. The molecule has 0 spiro atoms. The van der Waals surface area contributed by atoms with Crippen molar-refractivity contribution in [2.45, 2.75) is 0 Å². The molecule has 0 atom stereocenters. The first-order chi connectivity index (χ1) is 8.87. The van der Waals surface area contributed by atoms with Gasteiger partial charge in [-0.15, -0.1) is 0 Å². The number of carbonyl (C=O) groups excluding carboxylic acids is 1. The lowest BCUT2D eigenvalue weighted by Gasteiger charge is -2.07. The van der Waals surface area contributed by atoms with Gasteiger partial charge in [0.15, 0.2) is 0 Å². The summed E-state index contributed by atoms with van der Waals surface area (Å²) in [5, 5.41) is 6.03. The Labute approximate surface area is 117 Å². The van der Waals surface area contributed by atoms with Crippen LogP contribution in [-0.2, 0) is 14.8 Å². The number of rotatable bonds is 7. The quantitative estimate of drug-likeness (QED) is 0.637. The Morgan fingerprint density at radius 3 is 2.68 bits per heavy atom. The molecule has 0 radical (unpaired) electrons. The van der Waals surface area contributed by atoms with Crippen molar-refractivity contribution in [3.05, 3.63) is 29.3 Å². The predicted octanol–water partition coefficient (Wildman–Crippen LogP) is 0.417. The van der Waals surface area contributed by atoms with E-state index in [9.17, 15) is 13.2 Å². The van der Waals surface area contributed by atoms with Gasteiger partial charge in [0.1, 0.15) is 0 Å². The SMILES string of the molecule is CS(=O)(=O)NCCNCC(=O)Nc1cccc(Cl)c1. The summed E-state index contributed by atoms with van der Waals surface area (Å²) >= 11 is 5.78. The molecule has 0 fully saturated rings. The number of carbonyl (C=O) groups is 1. The maximum atomic E-state index is 11.5. The highest BCUT2D eigenvalue weighted by Gasteiger charge is 2.03. The normalized spacial score (nSPS) is 11.3. The number of benzene rings is 1. The van der Waals surface area contributed by atoms with Crippen LogP contribution in [0.25, 0.3) is 0 Å². The summed E-state index contributed by atoms with van der Waals surface area (Å²) < 4.78 is 23.9. The summed E-state index contributed by atoms with van der Waals surface area (Å²) in [6.07, 6.45) is 1.08. The minimum Gasteiger partial charge on any atom is -0.325 e. The van der Waals surface area contributed by atoms with E-state index >= 15 is 0 Å². The van der Waals surface area contributed by atoms with Gasteiger partial charge in [-0.3, -0.25) is 4.79 Å². The zero-order valence-corrected chi connectivity index (χ0v) is 12.0. The van der Waals surface area contributed by atoms with E-state index in [4.69, 9.17) is 11.6 Å². The molecule has 0 aliphatic heterocycles. The van der Waals surface area contributed by atoms with E-state index in [1.165, 1.54) is 0 Å². The third-order valence-corrected chi connectivity index (χ3v) is 3.02. The zero-order chi connectivity index (χ0) is 14.3. The topological polar surface area (TPSA) is 87.3 Å². The van der Waals surface area contributed by atoms with Gasteiger partial charge in [-0.05, 0) is 18.2 Å². The Kier molecular flexibility index (Phi) is 6.23. The molecule has 0 aliphatic rings. The van der Waals surface area contributed by atoms with E-state index in [0.717, 1.165) is 6.26 Å². The van der Waals surface area contributed by atoms with Crippen LogP contribution in [0.5, 0.6) is 0 Å². The van der Waals surface area contributed by atoms with Gasteiger partial charge in [-0.2, -0.15) is 0 Å². The molecule has 106 valence electrons. The molecular formula is C11H16ClN3O3S. The van der Waals surface area contributed by atoms with Crippen molar-refractivity contribution in [2.75, 3.05) is 31.2 Å². The van der Waals surface area contributed by atoms with Crippen molar-refractivity contribution in [1.29, 1.82) is 0 Å². The van der Waals surface area contributed by atoms with E-state index < -0.39 is 10.0 Å². The minimum absolute atomic E-state index is 0.0952. The van der Waals surface area contributed by atoms with Gasteiger partial charge in [0.25, 0.3) is 0 Å². The lowest BCUT2D eigenvalue weighted by Crippen LogP contribution is -2.35. The van der Waals surface area contributed by atoms with Gasteiger partial charge in [0, 0.05) is 23.8 Å². The molecule has 0 saturated carbocycles. The van der Waals surface area contributed by atoms with Crippen molar-refractivity contribution in [1.82, 2.24) is 10.0 Å². The molecule has 19 heavy (non-hydrogen) atoms. The van der Waals surface area contributed by atoms with E-state index in [2.05, 4.69) is 15.4 Å². The second-order valence-electron chi connectivity index (χ2n) is 3.90. The van der Waals surface area contributed by atoms with Gasteiger partial charge >= 0.3 is 0 Å². The smallest absolute Gasteiger partial charge is 0.238 e. The van der Waals surface area contributed by atoms with Crippen molar-refractivity contribution in [2.24, 2.45) is 0 Å². The summed E-state index contributed by atoms with van der Waals surface area (Å²) in [4.78, 5) is 11.5. The van der Waals surface area contributed by atoms with E-state index in [0.29, 0.717) is 17.3 Å². The molecule has 3 N–H and O–H groups in total. The number of halogens is 1. The Bertz CT molecular complexity index is 534. The Morgan fingerprint density at radius 2 is 2.05 bits per heavy atom. The monoisotopic (exact) mass is 305 g/mol. The molecule has 1 aromatic rings. The van der Waals surface area contributed by atoms with Crippen LogP contribution in [0.2, 0.25) is 5.02 Å². The number of hydrogen-bond acceptors (Lipinski definition) is 4. The fraction of sp³-hybridized carbons (Fsp3) is 0.364. The van der Waals surface area contributed by atoms with Gasteiger partial charge in [0.05, 0.1) is 12.8 Å². The Morgan fingerprint density at radius 1 is 1.32 bits per heavy atom. The summed E-state index contributed by atoms with van der Waals surface area (Å²) in [6, 6.07) is 6.83. The average Bonchev–Trinajstić information content (AvgIpc) is 2.26. The van der Waals surface area contributed by atoms with E-state index in [1.807, 2.05) is 0 Å². The number of sulfonamides is 1. The Balaban J connectivity index is 2.22. The molecule has 1 aromatic carbocycles. The average molecular weight is 306 g/mol. The van der Waals surface area contributed by atoms with Gasteiger partial charge in [-0.1, -0.05) is 17.7 Å². The third kappa shape index (κ3) is 7.78. The van der Waals surface area contributed by atoms with Crippen LogP contribution in [0.4, 0.5) is 5.69 Å². The summed E-state index contributed by atoms with van der Waals surface area (Å²) in [5.41, 5.74) is 0.619. The lowest BCUT2D eigenvalue weighted by atomic mass is 10.3.